The van der Waals surface area contributed by atoms with Crippen LogP contribution in [0.25, 0.3) is 0 Å². The van der Waals surface area contributed by atoms with E-state index in [0.717, 1.165) is 5.56 Å². The SMILES string of the molecule is COC[C@H](NC(=O)c1cc(C)on1)C(=O)N[C@@H](Cc1ccccc1)C(=O)N[C@@H](CC(C)C)C(=O)[C@@]1(C)CO1.Cc1cc(C(=O)O)no1. The van der Waals surface area contributed by atoms with Gasteiger partial charge in [-0.2, -0.15) is 0 Å². The van der Waals surface area contributed by atoms with Crippen molar-refractivity contribution >= 4 is 29.5 Å². The highest BCUT2D eigenvalue weighted by Gasteiger charge is 2.50. The van der Waals surface area contributed by atoms with Crippen LogP contribution >= 0.6 is 0 Å². The fourth-order valence-corrected chi connectivity index (χ4v) is 4.45. The number of carbonyl (C=O) groups is 5. The molecule has 1 fully saturated rings. The molecule has 4 atom stereocenters. The van der Waals surface area contributed by atoms with E-state index in [0.29, 0.717) is 24.5 Å². The highest BCUT2D eigenvalue weighted by atomic mass is 16.6. The lowest BCUT2D eigenvalue weighted by Crippen LogP contribution is -2.58. The zero-order valence-corrected chi connectivity index (χ0v) is 27.2. The number of nitrogens with zero attached hydrogens (tertiary/aromatic N) is 2. The number of carboxylic acids is 1. The van der Waals surface area contributed by atoms with Gasteiger partial charge in [0.2, 0.25) is 11.8 Å². The lowest BCUT2D eigenvalue weighted by Gasteiger charge is -2.26. The Morgan fingerprint density at radius 3 is 1.91 bits per heavy atom. The molecule has 1 aliphatic heterocycles. The second kappa shape index (κ2) is 16.6. The zero-order chi connectivity index (χ0) is 34.7. The summed E-state index contributed by atoms with van der Waals surface area (Å²) in [5.41, 5.74) is -0.130. The Morgan fingerprint density at radius 1 is 0.894 bits per heavy atom. The molecule has 3 amide bonds. The number of ether oxygens (including phenoxy) is 2. The number of hydrogen-bond donors (Lipinski definition) is 4. The molecule has 0 radical (unpaired) electrons. The van der Waals surface area contributed by atoms with Gasteiger partial charge in [-0.25, -0.2) is 4.79 Å². The summed E-state index contributed by atoms with van der Waals surface area (Å²) >= 11 is 0. The number of nitrogens with one attached hydrogen (secondary N) is 3. The van der Waals surface area contributed by atoms with Crippen LogP contribution < -0.4 is 16.0 Å². The third-order valence-corrected chi connectivity index (χ3v) is 7.02. The van der Waals surface area contributed by atoms with Crippen LogP contribution in [-0.4, -0.2) is 88.9 Å². The average Bonchev–Trinajstić information content (AvgIpc) is 3.38. The van der Waals surface area contributed by atoms with Crippen molar-refractivity contribution in [2.75, 3.05) is 20.3 Å². The molecule has 4 rings (SSSR count). The summed E-state index contributed by atoms with van der Waals surface area (Å²) in [6.45, 7) is 9.07. The van der Waals surface area contributed by atoms with Gasteiger partial charge >= 0.3 is 5.97 Å². The highest BCUT2D eigenvalue weighted by molar-refractivity contribution is 5.99. The first-order chi connectivity index (χ1) is 22.2. The number of carbonyl (C=O) groups excluding carboxylic acids is 4. The Labute approximate surface area is 271 Å². The van der Waals surface area contributed by atoms with Gasteiger partial charge in [-0.3, -0.25) is 19.2 Å². The van der Waals surface area contributed by atoms with Gasteiger partial charge in [0, 0.05) is 25.7 Å². The van der Waals surface area contributed by atoms with Crippen molar-refractivity contribution in [1.82, 2.24) is 26.3 Å². The van der Waals surface area contributed by atoms with Crippen LogP contribution in [0.2, 0.25) is 0 Å². The molecule has 15 nitrogen and oxygen atoms in total. The second-order valence-electron chi connectivity index (χ2n) is 11.8. The van der Waals surface area contributed by atoms with Crippen LogP contribution in [-0.2, 0) is 30.3 Å². The van der Waals surface area contributed by atoms with E-state index in [1.54, 1.807) is 20.8 Å². The summed E-state index contributed by atoms with van der Waals surface area (Å²) in [4.78, 5) is 62.5. The first-order valence-electron chi connectivity index (χ1n) is 14.9. The van der Waals surface area contributed by atoms with Gasteiger partial charge in [-0.05, 0) is 38.7 Å². The van der Waals surface area contributed by atoms with Crippen LogP contribution in [0, 0.1) is 19.8 Å². The molecule has 0 aliphatic carbocycles. The van der Waals surface area contributed by atoms with Gasteiger partial charge in [0.15, 0.2) is 17.2 Å². The molecule has 47 heavy (non-hydrogen) atoms. The van der Waals surface area contributed by atoms with Crippen molar-refractivity contribution in [1.29, 1.82) is 0 Å². The first kappa shape index (κ1) is 36.6. The molecular formula is C32H41N5O10. The average molecular weight is 656 g/mol. The molecule has 0 bridgehead atoms. The van der Waals surface area contributed by atoms with Gasteiger partial charge in [-0.15, -0.1) is 0 Å². The molecular weight excluding hydrogens is 614 g/mol. The van der Waals surface area contributed by atoms with Crippen molar-refractivity contribution in [2.45, 2.75) is 71.2 Å². The second-order valence-corrected chi connectivity index (χ2v) is 11.8. The molecule has 1 aliphatic rings. The van der Waals surface area contributed by atoms with Gasteiger partial charge in [0.25, 0.3) is 5.91 Å². The molecule has 3 aromatic rings. The largest absolute Gasteiger partial charge is 0.476 e. The van der Waals surface area contributed by atoms with Crippen LogP contribution in [0.4, 0.5) is 0 Å². The topological polar surface area (TPSA) is 215 Å². The van der Waals surface area contributed by atoms with Crippen LogP contribution in [0.15, 0.2) is 51.5 Å². The van der Waals surface area contributed by atoms with E-state index in [9.17, 15) is 24.0 Å². The Kier molecular flexibility index (Phi) is 12.9. The van der Waals surface area contributed by atoms with Crippen molar-refractivity contribution in [3.63, 3.8) is 0 Å². The predicted octanol–water partition coefficient (Wildman–Crippen LogP) is 2.03. The lowest BCUT2D eigenvalue weighted by atomic mass is 9.93. The van der Waals surface area contributed by atoms with Gasteiger partial charge in [-0.1, -0.05) is 54.5 Å². The fourth-order valence-electron chi connectivity index (χ4n) is 4.45. The maximum absolute atomic E-state index is 13.5. The zero-order valence-electron chi connectivity index (χ0n) is 27.2. The Bertz CT molecular complexity index is 1530. The number of amides is 3. The number of Topliss-reactive ketones (excluding diaryl/α,β-unsaturated/α-hetero) is 1. The maximum atomic E-state index is 13.5. The van der Waals surface area contributed by atoms with Gasteiger partial charge in [0.1, 0.15) is 29.2 Å². The van der Waals surface area contributed by atoms with Crippen LogP contribution in [0.3, 0.4) is 0 Å². The molecule has 2 aromatic heterocycles. The summed E-state index contributed by atoms with van der Waals surface area (Å²) in [5, 5.41) is 23.3. The van der Waals surface area contributed by atoms with Crippen LogP contribution in [0.5, 0.6) is 0 Å². The maximum Gasteiger partial charge on any atom is 0.358 e. The number of benzene rings is 1. The monoisotopic (exact) mass is 655 g/mol. The number of ketones is 1. The summed E-state index contributed by atoms with van der Waals surface area (Å²) in [6.07, 6.45) is 0.597. The number of epoxide rings is 1. The Morgan fingerprint density at radius 2 is 1.45 bits per heavy atom. The number of aryl methyl sites for hydroxylation is 2. The predicted molar refractivity (Wildman–Crippen MR) is 165 cm³/mol. The highest BCUT2D eigenvalue weighted by Crippen LogP contribution is 2.29. The minimum Gasteiger partial charge on any atom is -0.476 e. The normalized spacial score (nSPS) is 17.0. The van der Waals surface area contributed by atoms with E-state index >= 15 is 0 Å². The molecule has 1 aromatic carbocycles. The molecule has 0 spiro atoms. The van der Waals surface area contributed by atoms with Crippen molar-refractivity contribution in [3.05, 3.63) is 70.9 Å². The third kappa shape index (κ3) is 11.1. The third-order valence-electron chi connectivity index (χ3n) is 7.02. The Hall–Kier alpha value is -4.89. The van der Waals surface area contributed by atoms with Gasteiger partial charge < -0.3 is 39.6 Å². The fraction of sp³-hybridized carbons (Fsp3) is 0.469. The van der Waals surface area contributed by atoms with E-state index in [1.807, 2.05) is 44.2 Å². The summed E-state index contributed by atoms with van der Waals surface area (Å²) in [6, 6.07) is 9.09. The van der Waals surface area contributed by atoms with E-state index in [4.69, 9.17) is 19.1 Å². The van der Waals surface area contributed by atoms with E-state index in [1.165, 1.54) is 19.2 Å². The molecule has 254 valence electrons. The summed E-state index contributed by atoms with van der Waals surface area (Å²) in [5.74, 6) is -1.94. The molecule has 0 saturated carbocycles. The number of aromatic carboxylic acids is 1. The van der Waals surface area contributed by atoms with E-state index < -0.39 is 47.4 Å². The molecule has 3 heterocycles. The Balaban J connectivity index is 0.000000573. The molecule has 15 heteroatoms. The summed E-state index contributed by atoms with van der Waals surface area (Å²) < 4.78 is 19.9. The lowest BCUT2D eigenvalue weighted by molar-refractivity contribution is -0.133. The van der Waals surface area contributed by atoms with Crippen LogP contribution in [0.1, 0.15) is 65.3 Å². The number of aromatic nitrogens is 2. The van der Waals surface area contributed by atoms with Crippen molar-refractivity contribution in [3.8, 4) is 0 Å². The van der Waals surface area contributed by atoms with E-state index in [2.05, 4.69) is 30.8 Å². The molecule has 0 unspecified atom stereocenters. The standard InChI is InChI=1S/C27H36N4O7.C5H5NO3/c1-16(2)11-19(23(32)27(4)15-37-27)28-24(33)20(13-18-9-7-6-8-10-18)29-26(35)22(14-36-5)30-25(34)21-12-17(3)38-31-21;1-3-2-4(5(7)8)6-9-3/h6-10,12,16,19-20,22H,11,13-15H2,1-5H3,(H,28,33)(H,29,35)(H,30,34);2H,1H3,(H,7,8)/t19-,20-,22-,27+;/m0./s1. The quantitative estimate of drug-likeness (QED) is 0.173. The minimum atomic E-state index is -1.11. The number of carboxylic acid groups (broad SMARTS) is 1. The molecule has 4 N–H and O–H groups in total. The van der Waals surface area contributed by atoms with Crippen molar-refractivity contribution < 1.29 is 47.6 Å². The van der Waals surface area contributed by atoms with Crippen molar-refractivity contribution in [2.24, 2.45) is 5.92 Å². The van der Waals surface area contributed by atoms with E-state index in [-0.39, 0.29) is 36.1 Å². The minimum absolute atomic E-state index is 0.0146. The summed E-state index contributed by atoms with van der Waals surface area (Å²) in [7, 11) is 1.39. The molecule has 1 saturated heterocycles. The van der Waals surface area contributed by atoms with Gasteiger partial charge in [0.05, 0.1) is 19.3 Å². The first-order valence-corrected chi connectivity index (χ1v) is 14.9. The number of hydrogen-bond acceptors (Lipinski definition) is 11. The number of methoxy groups -OCH3 is 1. The smallest absolute Gasteiger partial charge is 0.358 e. The number of rotatable bonds is 15.